The molecule has 0 saturated carbocycles. The molecule has 4 atom stereocenters. The molecular weight excluding hydrogens is 743 g/mol. The van der Waals surface area contributed by atoms with E-state index in [-0.39, 0.29) is 42.7 Å². The van der Waals surface area contributed by atoms with Crippen LogP contribution >= 0.6 is 0 Å². The number of fused-ring (bicyclic) bond motifs is 2. The number of hydrazine groups is 1. The van der Waals surface area contributed by atoms with Crippen molar-refractivity contribution in [2.45, 2.75) is 64.9 Å². The summed E-state index contributed by atoms with van der Waals surface area (Å²) in [5.41, 5.74) is 6.37. The molecule has 6 aromatic rings. The van der Waals surface area contributed by atoms with E-state index in [1.807, 2.05) is 149 Å². The maximum absolute atomic E-state index is 14.1. The Kier molecular flexibility index (Phi) is 14.1. The molecule has 0 aliphatic rings. The molecule has 2 aromatic heterocycles. The fraction of sp³-hybridized carbons (Fsp3) is 0.277. The Labute approximate surface area is 344 Å². The molecule has 304 valence electrons. The van der Waals surface area contributed by atoms with Crippen molar-refractivity contribution >= 4 is 45.4 Å². The number of hydrogen-bond donors (Lipinski definition) is 5. The minimum Gasteiger partial charge on any atom is -0.390 e. The zero-order valence-electron chi connectivity index (χ0n) is 33.7. The van der Waals surface area contributed by atoms with Crippen LogP contribution < -0.4 is 21.4 Å². The van der Waals surface area contributed by atoms with Crippen molar-refractivity contribution in [2.75, 3.05) is 6.54 Å². The van der Waals surface area contributed by atoms with E-state index in [4.69, 9.17) is 0 Å². The number of hydrogen-bond acceptors (Lipinski definition) is 8. The van der Waals surface area contributed by atoms with Crippen LogP contribution in [0.3, 0.4) is 0 Å². The van der Waals surface area contributed by atoms with Gasteiger partial charge in [0.2, 0.25) is 5.91 Å². The molecule has 0 fully saturated rings. The molecule has 0 radical (unpaired) electrons. The van der Waals surface area contributed by atoms with Gasteiger partial charge in [-0.1, -0.05) is 137 Å². The highest BCUT2D eigenvalue weighted by atomic mass is 16.3. The molecule has 2 heterocycles. The average Bonchev–Trinajstić information content (AvgIpc) is 3.24. The molecule has 0 saturated heterocycles. The summed E-state index contributed by atoms with van der Waals surface area (Å²) in [7, 11) is 0. The fourth-order valence-corrected chi connectivity index (χ4v) is 6.84. The monoisotopic (exact) mass is 793 g/mol. The molecule has 12 heteroatoms. The maximum atomic E-state index is 14.1. The average molecular weight is 794 g/mol. The van der Waals surface area contributed by atoms with E-state index in [0.717, 1.165) is 21.9 Å². The highest BCUT2D eigenvalue weighted by molar-refractivity contribution is 5.99. The zero-order chi connectivity index (χ0) is 41.9. The molecule has 59 heavy (non-hydrogen) atoms. The number of carbonyl (C=O) groups excluding carboxylic acids is 4. The number of rotatable bonds is 17. The van der Waals surface area contributed by atoms with Crippen LogP contribution in [0.15, 0.2) is 133 Å². The minimum atomic E-state index is -1.21. The minimum absolute atomic E-state index is 0.0941. The number of aliphatic hydroxyl groups is 1. The van der Waals surface area contributed by atoms with Crippen molar-refractivity contribution in [3.63, 3.8) is 0 Å². The van der Waals surface area contributed by atoms with Crippen LogP contribution in [0.5, 0.6) is 0 Å². The van der Waals surface area contributed by atoms with Crippen molar-refractivity contribution in [2.24, 2.45) is 11.8 Å². The molecule has 4 aromatic carbocycles. The van der Waals surface area contributed by atoms with Crippen molar-refractivity contribution < 1.29 is 24.3 Å². The van der Waals surface area contributed by atoms with Crippen LogP contribution in [0, 0.1) is 11.8 Å². The molecule has 0 aliphatic carbocycles. The lowest BCUT2D eigenvalue weighted by molar-refractivity contribution is -0.131. The highest BCUT2D eigenvalue weighted by Gasteiger charge is 2.32. The number of aromatic nitrogens is 2. The van der Waals surface area contributed by atoms with Gasteiger partial charge >= 0.3 is 0 Å². The topological polar surface area (TPSA) is 166 Å². The third kappa shape index (κ3) is 11.3. The molecule has 0 spiro atoms. The summed E-state index contributed by atoms with van der Waals surface area (Å²) in [6, 6.07) is 38.0. The van der Waals surface area contributed by atoms with Crippen LogP contribution in [0.4, 0.5) is 0 Å². The molecule has 0 unspecified atom stereocenters. The van der Waals surface area contributed by atoms with Gasteiger partial charge in [0.05, 0.1) is 23.2 Å². The van der Waals surface area contributed by atoms with E-state index >= 15 is 0 Å². The Morgan fingerprint density at radius 3 is 1.53 bits per heavy atom. The maximum Gasteiger partial charge on any atom is 0.270 e. The van der Waals surface area contributed by atoms with Crippen molar-refractivity contribution in [1.29, 1.82) is 0 Å². The quantitative estimate of drug-likeness (QED) is 0.0744. The Balaban J connectivity index is 1.20. The third-order valence-electron chi connectivity index (χ3n) is 10.1. The molecule has 0 aliphatic heterocycles. The van der Waals surface area contributed by atoms with E-state index in [2.05, 4.69) is 31.3 Å². The molecule has 4 amide bonds. The lowest BCUT2D eigenvalue weighted by atomic mass is 9.98. The number of aliphatic hydroxyl groups excluding tert-OH is 1. The van der Waals surface area contributed by atoms with E-state index < -0.39 is 47.9 Å². The van der Waals surface area contributed by atoms with Gasteiger partial charge in [0.25, 0.3) is 17.7 Å². The van der Waals surface area contributed by atoms with Crippen molar-refractivity contribution in [1.82, 2.24) is 36.4 Å². The number of nitrogens with zero attached hydrogens (tertiary/aromatic N) is 3. The Hall–Kier alpha value is -6.50. The second-order valence-electron chi connectivity index (χ2n) is 15.4. The van der Waals surface area contributed by atoms with Gasteiger partial charge < -0.3 is 21.1 Å². The molecule has 12 nitrogen and oxygen atoms in total. The summed E-state index contributed by atoms with van der Waals surface area (Å²) in [6.07, 6.45) is -0.947. The van der Waals surface area contributed by atoms with Crippen molar-refractivity contribution in [3.8, 4) is 0 Å². The van der Waals surface area contributed by atoms with Crippen LogP contribution in [-0.4, -0.2) is 74.5 Å². The normalized spacial score (nSPS) is 13.5. The van der Waals surface area contributed by atoms with E-state index in [1.165, 1.54) is 0 Å². The van der Waals surface area contributed by atoms with Gasteiger partial charge in [0.1, 0.15) is 23.5 Å². The number of carbonyl (C=O) groups is 4. The Morgan fingerprint density at radius 2 is 1.02 bits per heavy atom. The SMILES string of the molecule is CC(C)[C@H](NC(=O)c1ccc2ccccc2n1)C(=O)N[C@@H](Cc1ccccc1)[C@@H](O)CN(Cc1ccccc1)NC(=O)[C@H](NC(=O)c1ccc2ccccc2n1)C(C)C. The predicted molar refractivity (Wildman–Crippen MR) is 229 cm³/mol. The van der Waals surface area contributed by atoms with E-state index in [1.54, 1.807) is 17.1 Å². The largest absolute Gasteiger partial charge is 0.390 e. The van der Waals surface area contributed by atoms with Crippen LogP contribution in [-0.2, 0) is 22.6 Å². The van der Waals surface area contributed by atoms with E-state index in [9.17, 15) is 24.3 Å². The highest BCUT2D eigenvalue weighted by Crippen LogP contribution is 2.16. The third-order valence-corrected chi connectivity index (χ3v) is 10.1. The van der Waals surface area contributed by atoms with Crippen LogP contribution in [0.25, 0.3) is 21.8 Å². The van der Waals surface area contributed by atoms with Gasteiger partial charge in [-0.15, -0.1) is 0 Å². The van der Waals surface area contributed by atoms with Gasteiger partial charge in [0, 0.05) is 23.9 Å². The first-order valence-electron chi connectivity index (χ1n) is 19.9. The number of amides is 4. The second kappa shape index (κ2) is 19.8. The van der Waals surface area contributed by atoms with Gasteiger partial charge in [-0.25, -0.2) is 15.0 Å². The summed E-state index contributed by atoms with van der Waals surface area (Å²) < 4.78 is 0. The van der Waals surface area contributed by atoms with E-state index in [0.29, 0.717) is 11.0 Å². The first kappa shape index (κ1) is 42.1. The predicted octanol–water partition coefficient (Wildman–Crippen LogP) is 5.61. The molecule has 0 bridgehead atoms. The number of para-hydroxylation sites is 2. The second-order valence-corrected chi connectivity index (χ2v) is 15.4. The van der Waals surface area contributed by atoms with Crippen LogP contribution in [0.2, 0.25) is 0 Å². The summed E-state index contributed by atoms with van der Waals surface area (Å²) in [4.78, 5) is 64.1. The standard InChI is InChI=1S/C47H51N7O5/c1-30(2)42(51-44(56)38-25-23-34-19-11-13-21-36(34)48-38)46(58)50-40(27-32-15-7-5-8-16-32)41(55)29-54(28-33-17-9-6-10-18-33)53-47(59)43(31(3)4)52-45(57)39-26-24-35-20-12-14-22-37(35)49-39/h5-26,30-31,40-43,55H,27-29H2,1-4H3,(H,50,58)(H,51,56)(H,52,57)(H,53,59)/t40-,41-,42-,43+/m0/s1. The fourth-order valence-electron chi connectivity index (χ4n) is 6.84. The molecular formula is C47H51N7O5. The zero-order valence-corrected chi connectivity index (χ0v) is 33.7. The number of benzene rings is 4. The first-order valence-corrected chi connectivity index (χ1v) is 19.9. The van der Waals surface area contributed by atoms with Gasteiger partial charge in [-0.3, -0.25) is 24.6 Å². The molecule has 6 rings (SSSR count). The smallest absolute Gasteiger partial charge is 0.270 e. The van der Waals surface area contributed by atoms with Crippen LogP contribution in [0.1, 0.15) is 59.8 Å². The Bertz CT molecular complexity index is 2370. The summed E-state index contributed by atoms with van der Waals surface area (Å²) in [5, 5.41) is 24.1. The van der Waals surface area contributed by atoms with Crippen molar-refractivity contribution in [3.05, 3.63) is 156 Å². The summed E-state index contributed by atoms with van der Waals surface area (Å²) >= 11 is 0. The Morgan fingerprint density at radius 1 is 0.559 bits per heavy atom. The van der Waals surface area contributed by atoms with Gasteiger partial charge in [0.15, 0.2) is 0 Å². The molecule has 5 N–H and O–H groups in total. The number of pyridine rings is 2. The van der Waals surface area contributed by atoms with Gasteiger partial charge in [-0.2, -0.15) is 0 Å². The van der Waals surface area contributed by atoms with Gasteiger partial charge in [-0.05, 0) is 53.6 Å². The number of nitrogens with one attached hydrogen (secondary N) is 4. The first-order chi connectivity index (χ1) is 28.4. The summed E-state index contributed by atoms with van der Waals surface area (Å²) in [6.45, 7) is 7.45. The lowest BCUT2D eigenvalue weighted by Crippen LogP contribution is -2.59. The lowest BCUT2D eigenvalue weighted by Gasteiger charge is -2.33. The summed E-state index contributed by atoms with van der Waals surface area (Å²) in [5.74, 6) is -2.56.